The molecule has 0 amide bonds. The molecule has 0 aromatic heterocycles. The molecule has 0 radical (unpaired) electrons. The van der Waals surface area contributed by atoms with Crippen LogP contribution in [0.5, 0.6) is 0 Å². The molecular weight excluding hydrogens is 237 g/mol. The number of fused-ring (bicyclic) bond motifs is 1. The molecule has 2 aromatic carbocycles. The highest BCUT2D eigenvalue weighted by molar-refractivity contribution is 5.86. The van der Waals surface area contributed by atoms with E-state index in [0.29, 0.717) is 5.39 Å². The van der Waals surface area contributed by atoms with Gasteiger partial charge in [-0.15, -0.1) is 6.58 Å². The van der Waals surface area contributed by atoms with E-state index in [2.05, 4.69) is 18.8 Å². The van der Waals surface area contributed by atoms with Gasteiger partial charge in [0.15, 0.2) is 0 Å². The summed E-state index contributed by atoms with van der Waals surface area (Å²) in [6.07, 6.45) is 3.83. The summed E-state index contributed by atoms with van der Waals surface area (Å²) in [5, 5.41) is 5.18. The lowest BCUT2D eigenvalue weighted by Crippen LogP contribution is -2.22. The maximum Gasteiger partial charge on any atom is 0.131 e. The topological polar surface area (TPSA) is 12.0 Å². The van der Waals surface area contributed by atoms with Crippen molar-refractivity contribution in [1.29, 1.82) is 0 Å². The van der Waals surface area contributed by atoms with Crippen LogP contribution in [0.4, 0.5) is 4.39 Å². The molecule has 2 rings (SSSR count). The fourth-order valence-electron chi connectivity index (χ4n) is 2.39. The molecule has 100 valence electrons. The van der Waals surface area contributed by atoms with Crippen LogP contribution in [-0.2, 0) is 0 Å². The van der Waals surface area contributed by atoms with Crippen LogP contribution in [0.1, 0.15) is 31.4 Å². The first-order valence-electron chi connectivity index (χ1n) is 6.79. The van der Waals surface area contributed by atoms with Crippen LogP contribution in [0.15, 0.2) is 49.1 Å². The van der Waals surface area contributed by atoms with E-state index in [9.17, 15) is 4.39 Å². The van der Waals surface area contributed by atoms with Crippen molar-refractivity contribution in [2.24, 2.45) is 0 Å². The average Bonchev–Trinajstić information content (AvgIpc) is 2.45. The van der Waals surface area contributed by atoms with Crippen LogP contribution in [0.25, 0.3) is 10.8 Å². The minimum absolute atomic E-state index is 0.160. The zero-order valence-electron chi connectivity index (χ0n) is 11.3. The Morgan fingerprint density at radius 1 is 1.21 bits per heavy atom. The van der Waals surface area contributed by atoms with Crippen LogP contribution in [0, 0.1) is 5.82 Å². The number of hydrogen-bond donors (Lipinski definition) is 1. The van der Waals surface area contributed by atoms with Gasteiger partial charge in [0, 0.05) is 11.4 Å². The van der Waals surface area contributed by atoms with E-state index in [1.54, 1.807) is 6.07 Å². The highest BCUT2D eigenvalue weighted by Gasteiger charge is 2.13. The SMILES string of the molecule is C=CCC(NCCC)c1ccc(F)c2ccccc12. The lowest BCUT2D eigenvalue weighted by Gasteiger charge is -2.19. The van der Waals surface area contributed by atoms with Crippen LogP contribution in [0.2, 0.25) is 0 Å². The number of nitrogens with one attached hydrogen (secondary N) is 1. The third-order valence-electron chi connectivity index (χ3n) is 3.32. The Balaban J connectivity index is 2.46. The first-order valence-corrected chi connectivity index (χ1v) is 6.79. The molecule has 2 heteroatoms. The van der Waals surface area contributed by atoms with E-state index in [4.69, 9.17) is 0 Å². The molecule has 0 aliphatic heterocycles. The second-order valence-corrected chi connectivity index (χ2v) is 4.71. The molecule has 0 aliphatic rings. The molecule has 0 saturated heterocycles. The Labute approximate surface area is 114 Å². The predicted octanol–water partition coefficient (Wildman–Crippen LogP) is 4.60. The molecule has 1 nitrogen and oxygen atoms in total. The molecule has 1 N–H and O–H groups in total. The van der Waals surface area contributed by atoms with E-state index >= 15 is 0 Å². The fourth-order valence-corrected chi connectivity index (χ4v) is 2.39. The normalized spacial score (nSPS) is 12.5. The third kappa shape index (κ3) is 3.02. The van der Waals surface area contributed by atoms with E-state index in [-0.39, 0.29) is 11.9 Å². The summed E-state index contributed by atoms with van der Waals surface area (Å²) < 4.78 is 13.8. The summed E-state index contributed by atoms with van der Waals surface area (Å²) in [5.74, 6) is -0.160. The Morgan fingerprint density at radius 2 is 1.95 bits per heavy atom. The monoisotopic (exact) mass is 257 g/mol. The summed E-state index contributed by atoms with van der Waals surface area (Å²) >= 11 is 0. The van der Waals surface area contributed by atoms with Gasteiger partial charge in [-0.1, -0.05) is 43.3 Å². The molecule has 0 heterocycles. The van der Waals surface area contributed by atoms with Crippen molar-refractivity contribution in [2.75, 3.05) is 6.54 Å². The first kappa shape index (κ1) is 13.8. The van der Waals surface area contributed by atoms with E-state index < -0.39 is 0 Å². The molecule has 0 saturated carbocycles. The second kappa shape index (κ2) is 6.48. The molecular formula is C17H20FN. The second-order valence-electron chi connectivity index (χ2n) is 4.71. The van der Waals surface area contributed by atoms with Crippen LogP contribution in [-0.4, -0.2) is 6.54 Å². The lowest BCUT2D eigenvalue weighted by molar-refractivity contribution is 0.539. The smallest absolute Gasteiger partial charge is 0.131 e. The summed E-state index contributed by atoms with van der Waals surface area (Å²) in [4.78, 5) is 0. The summed E-state index contributed by atoms with van der Waals surface area (Å²) in [6.45, 7) is 6.91. The van der Waals surface area contributed by atoms with Gasteiger partial charge in [0.25, 0.3) is 0 Å². The molecule has 0 fully saturated rings. The van der Waals surface area contributed by atoms with Crippen LogP contribution < -0.4 is 5.32 Å². The maximum absolute atomic E-state index is 13.8. The Bertz CT molecular complexity index is 562. The van der Waals surface area contributed by atoms with Gasteiger partial charge in [-0.3, -0.25) is 0 Å². The van der Waals surface area contributed by atoms with E-state index in [1.807, 2.05) is 36.4 Å². The molecule has 2 aromatic rings. The minimum Gasteiger partial charge on any atom is -0.310 e. The van der Waals surface area contributed by atoms with E-state index in [0.717, 1.165) is 30.3 Å². The van der Waals surface area contributed by atoms with Gasteiger partial charge >= 0.3 is 0 Å². The number of benzene rings is 2. The van der Waals surface area contributed by atoms with Crippen molar-refractivity contribution < 1.29 is 4.39 Å². The Kier molecular flexibility index (Phi) is 4.69. The van der Waals surface area contributed by atoms with Crippen LogP contribution >= 0.6 is 0 Å². The highest BCUT2D eigenvalue weighted by atomic mass is 19.1. The first-order chi connectivity index (χ1) is 9.27. The minimum atomic E-state index is -0.160. The molecule has 0 spiro atoms. The standard InChI is InChI=1S/C17H20FN/c1-3-7-17(19-12-4-2)15-10-11-16(18)14-9-6-5-8-13(14)15/h3,5-6,8-11,17,19H,1,4,7,12H2,2H3. The lowest BCUT2D eigenvalue weighted by atomic mass is 9.96. The molecule has 0 aliphatic carbocycles. The van der Waals surface area contributed by atoms with Crippen molar-refractivity contribution in [3.63, 3.8) is 0 Å². The van der Waals surface area contributed by atoms with Gasteiger partial charge in [0.1, 0.15) is 5.82 Å². The zero-order valence-corrected chi connectivity index (χ0v) is 11.3. The number of rotatable bonds is 6. The van der Waals surface area contributed by atoms with Gasteiger partial charge in [-0.2, -0.15) is 0 Å². The van der Waals surface area contributed by atoms with Crippen molar-refractivity contribution in [2.45, 2.75) is 25.8 Å². The van der Waals surface area contributed by atoms with Crippen molar-refractivity contribution in [3.8, 4) is 0 Å². The molecule has 0 bridgehead atoms. The van der Waals surface area contributed by atoms with Gasteiger partial charge in [-0.25, -0.2) is 4.39 Å². The molecule has 1 atom stereocenters. The predicted molar refractivity (Wildman–Crippen MR) is 79.8 cm³/mol. The molecule has 1 unspecified atom stereocenters. The van der Waals surface area contributed by atoms with Gasteiger partial charge < -0.3 is 5.32 Å². The Hall–Kier alpha value is -1.67. The van der Waals surface area contributed by atoms with E-state index in [1.165, 1.54) is 0 Å². The van der Waals surface area contributed by atoms with Gasteiger partial charge in [-0.05, 0) is 36.4 Å². The van der Waals surface area contributed by atoms with Crippen molar-refractivity contribution in [1.82, 2.24) is 5.32 Å². The number of halogens is 1. The number of hydrogen-bond acceptors (Lipinski definition) is 1. The average molecular weight is 257 g/mol. The summed E-state index contributed by atoms with van der Waals surface area (Å²) in [5.41, 5.74) is 1.14. The van der Waals surface area contributed by atoms with Crippen LogP contribution in [0.3, 0.4) is 0 Å². The summed E-state index contributed by atoms with van der Waals surface area (Å²) in [7, 11) is 0. The highest BCUT2D eigenvalue weighted by Crippen LogP contribution is 2.28. The zero-order chi connectivity index (χ0) is 13.7. The van der Waals surface area contributed by atoms with Crippen molar-refractivity contribution in [3.05, 3.63) is 60.4 Å². The summed E-state index contributed by atoms with van der Waals surface area (Å²) in [6, 6.07) is 11.3. The van der Waals surface area contributed by atoms with Gasteiger partial charge in [0.2, 0.25) is 0 Å². The molecule has 19 heavy (non-hydrogen) atoms. The van der Waals surface area contributed by atoms with Crippen molar-refractivity contribution >= 4 is 10.8 Å². The van der Waals surface area contributed by atoms with Gasteiger partial charge in [0.05, 0.1) is 0 Å². The quantitative estimate of drug-likeness (QED) is 0.746. The largest absolute Gasteiger partial charge is 0.310 e. The maximum atomic E-state index is 13.8. The third-order valence-corrected chi connectivity index (χ3v) is 3.32. The Morgan fingerprint density at radius 3 is 2.63 bits per heavy atom. The fraction of sp³-hybridized carbons (Fsp3) is 0.294.